The maximum atomic E-state index is 11.0. The van der Waals surface area contributed by atoms with Crippen LogP contribution in [0.3, 0.4) is 0 Å². The van der Waals surface area contributed by atoms with Crippen LogP contribution in [0.5, 0.6) is 0 Å². The zero-order valence-corrected chi connectivity index (χ0v) is 11.0. The SMILES string of the molecule is CC1CC(C)CC(NCc2occc2C(=O)O)C1. The van der Waals surface area contributed by atoms with E-state index in [-0.39, 0.29) is 5.56 Å². The van der Waals surface area contributed by atoms with Crippen molar-refractivity contribution in [2.75, 3.05) is 0 Å². The van der Waals surface area contributed by atoms with Gasteiger partial charge in [0.05, 0.1) is 12.8 Å². The lowest BCUT2D eigenvalue weighted by molar-refractivity contribution is 0.0694. The van der Waals surface area contributed by atoms with Gasteiger partial charge in [-0.05, 0) is 37.2 Å². The van der Waals surface area contributed by atoms with Crippen molar-refractivity contribution >= 4 is 5.97 Å². The smallest absolute Gasteiger partial charge is 0.339 e. The summed E-state index contributed by atoms with van der Waals surface area (Å²) < 4.78 is 5.23. The Morgan fingerprint density at radius 3 is 2.67 bits per heavy atom. The Hall–Kier alpha value is -1.29. The summed E-state index contributed by atoms with van der Waals surface area (Å²) in [5, 5.41) is 12.4. The fourth-order valence-corrected chi connectivity index (χ4v) is 3.02. The maximum absolute atomic E-state index is 11.0. The second-order valence-electron chi connectivity index (χ2n) is 5.56. The second kappa shape index (κ2) is 5.57. The minimum absolute atomic E-state index is 0.263. The van der Waals surface area contributed by atoms with E-state index in [2.05, 4.69) is 19.2 Å². The number of rotatable bonds is 4. The quantitative estimate of drug-likeness (QED) is 0.863. The zero-order chi connectivity index (χ0) is 13.1. The third-order valence-corrected chi connectivity index (χ3v) is 3.71. The standard InChI is InChI=1S/C14H21NO3/c1-9-5-10(2)7-11(6-9)15-8-13-12(14(16)17)3-4-18-13/h3-4,9-11,15H,5-8H2,1-2H3,(H,16,17). The van der Waals surface area contributed by atoms with Crippen LogP contribution in [0.4, 0.5) is 0 Å². The van der Waals surface area contributed by atoms with Crippen LogP contribution in [0, 0.1) is 11.8 Å². The molecule has 0 radical (unpaired) electrons. The van der Waals surface area contributed by atoms with Crippen LogP contribution in [0.1, 0.15) is 49.2 Å². The molecule has 0 saturated heterocycles. The van der Waals surface area contributed by atoms with Gasteiger partial charge in [0, 0.05) is 6.04 Å². The van der Waals surface area contributed by atoms with Gasteiger partial charge in [-0.2, -0.15) is 0 Å². The van der Waals surface area contributed by atoms with E-state index in [9.17, 15) is 4.79 Å². The van der Waals surface area contributed by atoms with Crippen molar-refractivity contribution in [1.82, 2.24) is 5.32 Å². The molecule has 2 unspecified atom stereocenters. The first kappa shape index (κ1) is 13.1. The van der Waals surface area contributed by atoms with Crippen molar-refractivity contribution < 1.29 is 14.3 Å². The van der Waals surface area contributed by atoms with Gasteiger partial charge in [-0.15, -0.1) is 0 Å². The lowest BCUT2D eigenvalue weighted by atomic mass is 9.80. The van der Waals surface area contributed by atoms with E-state index in [0.717, 1.165) is 24.7 Å². The van der Waals surface area contributed by atoms with E-state index in [4.69, 9.17) is 9.52 Å². The molecule has 0 bridgehead atoms. The Morgan fingerprint density at radius 2 is 2.06 bits per heavy atom. The zero-order valence-electron chi connectivity index (χ0n) is 11.0. The Balaban J connectivity index is 1.91. The van der Waals surface area contributed by atoms with Gasteiger partial charge >= 0.3 is 5.97 Å². The molecule has 1 saturated carbocycles. The van der Waals surface area contributed by atoms with Crippen LogP contribution in [0.25, 0.3) is 0 Å². The molecule has 18 heavy (non-hydrogen) atoms. The monoisotopic (exact) mass is 251 g/mol. The van der Waals surface area contributed by atoms with Gasteiger partial charge < -0.3 is 14.8 Å². The van der Waals surface area contributed by atoms with Gasteiger partial charge in [0.2, 0.25) is 0 Å². The van der Waals surface area contributed by atoms with E-state index in [1.165, 1.54) is 18.8 Å². The molecule has 0 spiro atoms. The lowest BCUT2D eigenvalue weighted by Crippen LogP contribution is -2.36. The van der Waals surface area contributed by atoms with Crippen LogP contribution in [-0.4, -0.2) is 17.1 Å². The van der Waals surface area contributed by atoms with Gasteiger partial charge in [-0.25, -0.2) is 4.79 Å². The van der Waals surface area contributed by atoms with Crippen molar-refractivity contribution in [3.05, 3.63) is 23.7 Å². The third-order valence-electron chi connectivity index (χ3n) is 3.71. The number of hydrogen-bond donors (Lipinski definition) is 2. The molecular formula is C14H21NO3. The minimum atomic E-state index is -0.925. The molecule has 2 N–H and O–H groups in total. The van der Waals surface area contributed by atoms with E-state index in [1.54, 1.807) is 0 Å². The number of carboxylic acid groups (broad SMARTS) is 1. The van der Waals surface area contributed by atoms with Gasteiger partial charge in [0.1, 0.15) is 11.3 Å². The van der Waals surface area contributed by atoms with Crippen LogP contribution < -0.4 is 5.32 Å². The van der Waals surface area contributed by atoms with Crippen molar-refractivity contribution in [2.24, 2.45) is 11.8 Å². The van der Waals surface area contributed by atoms with Crippen LogP contribution in [0.15, 0.2) is 16.7 Å². The Bertz CT molecular complexity index is 403. The molecular weight excluding hydrogens is 230 g/mol. The third kappa shape index (κ3) is 3.13. The van der Waals surface area contributed by atoms with Crippen molar-refractivity contribution in [2.45, 2.75) is 45.7 Å². The number of aromatic carboxylic acids is 1. The molecule has 2 rings (SSSR count). The average molecular weight is 251 g/mol. The Morgan fingerprint density at radius 1 is 1.39 bits per heavy atom. The van der Waals surface area contributed by atoms with Crippen LogP contribution in [-0.2, 0) is 6.54 Å². The fourth-order valence-electron chi connectivity index (χ4n) is 3.02. The molecule has 0 amide bonds. The van der Waals surface area contributed by atoms with Crippen LogP contribution in [0.2, 0.25) is 0 Å². The molecule has 1 aromatic heterocycles. The summed E-state index contributed by atoms with van der Waals surface area (Å²) in [7, 11) is 0. The second-order valence-corrected chi connectivity index (χ2v) is 5.56. The molecule has 1 heterocycles. The predicted octanol–water partition coefficient (Wildman–Crippen LogP) is 2.89. The molecule has 100 valence electrons. The highest BCUT2D eigenvalue weighted by Gasteiger charge is 2.24. The summed E-state index contributed by atoms with van der Waals surface area (Å²) in [6, 6.07) is 1.97. The number of furan rings is 1. The number of hydrogen-bond acceptors (Lipinski definition) is 3. The number of carbonyl (C=O) groups is 1. The number of carboxylic acids is 1. The topological polar surface area (TPSA) is 62.5 Å². The van der Waals surface area contributed by atoms with Crippen LogP contribution >= 0.6 is 0 Å². The molecule has 1 aliphatic carbocycles. The summed E-state index contributed by atoms with van der Waals surface area (Å²) in [5.41, 5.74) is 0.263. The highest BCUT2D eigenvalue weighted by atomic mass is 16.4. The summed E-state index contributed by atoms with van der Waals surface area (Å²) in [6.45, 7) is 5.05. The molecule has 4 heteroatoms. The van der Waals surface area contributed by atoms with Crippen molar-refractivity contribution in [1.29, 1.82) is 0 Å². The highest BCUT2D eigenvalue weighted by molar-refractivity contribution is 5.88. The molecule has 4 nitrogen and oxygen atoms in total. The molecule has 0 aliphatic heterocycles. The predicted molar refractivity (Wildman–Crippen MR) is 68.5 cm³/mol. The molecule has 1 aliphatic rings. The molecule has 0 aromatic carbocycles. The van der Waals surface area contributed by atoms with E-state index in [1.807, 2.05) is 0 Å². The van der Waals surface area contributed by atoms with Crippen molar-refractivity contribution in [3.8, 4) is 0 Å². The number of nitrogens with one attached hydrogen (secondary N) is 1. The minimum Gasteiger partial charge on any atom is -0.478 e. The normalized spacial score (nSPS) is 28.2. The summed E-state index contributed by atoms with van der Waals surface area (Å²) >= 11 is 0. The average Bonchev–Trinajstić information content (AvgIpc) is 2.73. The molecule has 2 atom stereocenters. The first-order chi connectivity index (χ1) is 8.56. The first-order valence-electron chi connectivity index (χ1n) is 6.59. The Labute approximate surface area is 107 Å². The Kier molecular flexibility index (Phi) is 4.07. The molecule has 1 fully saturated rings. The fraction of sp³-hybridized carbons (Fsp3) is 0.643. The lowest BCUT2D eigenvalue weighted by Gasteiger charge is -2.31. The summed E-state index contributed by atoms with van der Waals surface area (Å²) in [4.78, 5) is 11.0. The van der Waals surface area contributed by atoms with E-state index >= 15 is 0 Å². The van der Waals surface area contributed by atoms with Gasteiger partial charge in [-0.1, -0.05) is 13.8 Å². The first-order valence-corrected chi connectivity index (χ1v) is 6.59. The van der Waals surface area contributed by atoms with Gasteiger partial charge in [0.25, 0.3) is 0 Å². The summed E-state index contributed by atoms with van der Waals surface area (Å²) in [5.74, 6) is 1.07. The van der Waals surface area contributed by atoms with E-state index < -0.39 is 5.97 Å². The summed E-state index contributed by atoms with van der Waals surface area (Å²) in [6.07, 6.45) is 5.05. The molecule has 1 aromatic rings. The van der Waals surface area contributed by atoms with Gasteiger partial charge in [0.15, 0.2) is 0 Å². The maximum Gasteiger partial charge on any atom is 0.339 e. The highest BCUT2D eigenvalue weighted by Crippen LogP contribution is 2.28. The van der Waals surface area contributed by atoms with Gasteiger partial charge in [-0.3, -0.25) is 0 Å². The van der Waals surface area contributed by atoms with E-state index in [0.29, 0.717) is 18.3 Å². The largest absolute Gasteiger partial charge is 0.478 e. The van der Waals surface area contributed by atoms with Crippen molar-refractivity contribution in [3.63, 3.8) is 0 Å².